The Morgan fingerprint density at radius 1 is 0.949 bits per heavy atom. The molecule has 0 atom stereocenters. The van der Waals surface area contributed by atoms with E-state index in [-0.39, 0.29) is 5.91 Å². The largest absolute Gasteiger partial charge is 0.493 e. The number of carbonyl (C=O) groups excluding carboxylic acids is 1. The molecule has 1 aliphatic heterocycles. The van der Waals surface area contributed by atoms with Crippen molar-refractivity contribution in [3.05, 3.63) is 114 Å². The van der Waals surface area contributed by atoms with Crippen molar-refractivity contribution >= 4 is 11.6 Å². The molecule has 1 aromatic heterocycles. The molecule has 0 saturated heterocycles. The SMILES string of the molecule is COc1ccc(NC(=O)c2ccc(-c3ccc(-c4noc(C)n4)cc3C)cc2)cc1OC1=CN(C)C=CC=C1. The topological polar surface area (TPSA) is 89.7 Å². The van der Waals surface area contributed by atoms with Gasteiger partial charge in [0.25, 0.3) is 5.91 Å². The molecule has 8 heteroatoms. The van der Waals surface area contributed by atoms with Crippen LogP contribution in [-0.4, -0.2) is 35.1 Å². The van der Waals surface area contributed by atoms with Crippen molar-refractivity contribution in [3.63, 3.8) is 0 Å². The van der Waals surface area contributed by atoms with E-state index >= 15 is 0 Å². The first kappa shape index (κ1) is 25.5. The van der Waals surface area contributed by atoms with Crippen LogP contribution >= 0.6 is 0 Å². The molecule has 0 radical (unpaired) electrons. The Labute approximate surface area is 226 Å². The fraction of sp³-hybridized carbons (Fsp3) is 0.129. The summed E-state index contributed by atoms with van der Waals surface area (Å²) in [5.74, 6) is 2.55. The van der Waals surface area contributed by atoms with Crippen LogP contribution in [0.3, 0.4) is 0 Å². The monoisotopic (exact) mass is 520 g/mol. The molecule has 0 unspecified atom stereocenters. The highest BCUT2D eigenvalue weighted by Crippen LogP contribution is 2.33. The molecule has 2 heterocycles. The molecule has 0 saturated carbocycles. The molecule has 0 fully saturated rings. The molecular weight excluding hydrogens is 492 g/mol. The average Bonchev–Trinajstić information content (AvgIpc) is 3.26. The first-order valence-corrected chi connectivity index (χ1v) is 12.4. The Kier molecular flexibility index (Phi) is 7.27. The van der Waals surface area contributed by atoms with E-state index in [1.165, 1.54) is 0 Å². The number of allylic oxidation sites excluding steroid dienone is 3. The zero-order chi connectivity index (χ0) is 27.4. The molecule has 8 nitrogen and oxygen atoms in total. The van der Waals surface area contributed by atoms with E-state index in [1.54, 1.807) is 32.2 Å². The van der Waals surface area contributed by atoms with E-state index in [0.29, 0.717) is 40.2 Å². The maximum atomic E-state index is 13.0. The van der Waals surface area contributed by atoms with Crippen molar-refractivity contribution in [1.29, 1.82) is 0 Å². The second-order valence-corrected chi connectivity index (χ2v) is 9.06. The number of nitrogens with zero attached hydrogens (tertiary/aromatic N) is 3. The van der Waals surface area contributed by atoms with E-state index in [9.17, 15) is 4.79 Å². The smallest absolute Gasteiger partial charge is 0.255 e. The minimum absolute atomic E-state index is 0.227. The molecule has 5 rings (SSSR count). The van der Waals surface area contributed by atoms with Gasteiger partial charge in [-0.05, 0) is 66.1 Å². The first-order valence-electron chi connectivity index (χ1n) is 12.4. The van der Waals surface area contributed by atoms with Crippen LogP contribution in [0.4, 0.5) is 5.69 Å². The van der Waals surface area contributed by atoms with E-state index in [2.05, 4.69) is 15.5 Å². The van der Waals surface area contributed by atoms with Crippen LogP contribution in [-0.2, 0) is 0 Å². The fourth-order valence-corrected chi connectivity index (χ4v) is 4.19. The van der Waals surface area contributed by atoms with Crippen molar-refractivity contribution in [2.45, 2.75) is 13.8 Å². The highest BCUT2D eigenvalue weighted by atomic mass is 16.5. The van der Waals surface area contributed by atoms with Gasteiger partial charge in [0, 0.05) is 49.3 Å². The van der Waals surface area contributed by atoms with Gasteiger partial charge in [-0.25, -0.2) is 0 Å². The molecule has 4 aromatic rings. The standard InChI is InChI=1S/C31H28N4O4/c1-20-17-24(30-32-21(2)39-34-30)12-14-27(20)22-8-10-23(11-9-22)31(36)33-25-13-15-28(37-4)29(18-25)38-26-7-5-6-16-35(3)19-26/h5-19H,1-4H3,(H,33,36). The van der Waals surface area contributed by atoms with Gasteiger partial charge in [0.2, 0.25) is 11.7 Å². The summed E-state index contributed by atoms with van der Waals surface area (Å²) >= 11 is 0. The van der Waals surface area contributed by atoms with Crippen LogP contribution in [0.15, 0.2) is 102 Å². The van der Waals surface area contributed by atoms with Crippen molar-refractivity contribution in [2.24, 2.45) is 0 Å². The van der Waals surface area contributed by atoms with Crippen molar-refractivity contribution in [1.82, 2.24) is 15.0 Å². The second-order valence-electron chi connectivity index (χ2n) is 9.06. The predicted octanol–water partition coefficient (Wildman–Crippen LogP) is 6.52. The molecule has 1 aliphatic rings. The molecule has 3 aromatic carbocycles. The van der Waals surface area contributed by atoms with E-state index in [1.807, 2.05) is 92.0 Å². The number of aryl methyl sites for hydroxylation is 2. The summed E-state index contributed by atoms with van der Waals surface area (Å²) in [4.78, 5) is 19.2. The Morgan fingerprint density at radius 3 is 2.46 bits per heavy atom. The minimum atomic E-state index is -0.227. The molecular formula is C31H28N4O4. The summed E-state index contributed by atoms with van der Waals surface area (Å²) < 4.78 is 16.6. The maximum absolute atomic E-state index is 13.0. The summed E-state index contributed by atoms with van der Waals surface area (Å²) in [5, 5.41) is 6.94. The number of rotatable bonds is 7. The number of benzene rings is 3. The van der Waals surface area contributed by atoms with Crippen LogP contribution in [0, 0.1) is 13.8 Å². The lowest BCUT2D eigenvalue weighted by atomic mass is 9.97. The summed E-state index contributed by atoms with van der Waals surface area (Å²) in [6, 6.07) is 18.8. The maximum Gasteiger partial charge on any atom is 0.255 e. The van der Waals surface area contributed by atoms with Gasteiger partial charge in [0.15, 0.2) is 11.5 Å². The Hall–Kier alpha value is -5.11. The Bertz CT molecular complexity index is 1600. The lowest BCUT2D eigenvalue weighted by Gasteiger charge is -2.14. The van der Waals surface area contributed by atoms with E-state index in [4.69, 9.17) is 14.0 Å². The lowest BCUT2D eigenvalue weighted by Crippen LogP contribution is -2.12. The summed E-state index contributed by atoms with van der Waals surface area (Å²) in [5.41, 5.74) is 5.15. The van der Waals surface area contributed by atoms with Crippen molar-refractivity contribution in [3.8, 4) is 34.0 Å². The van der Waals surface area contributed by atoms with Crippen molar-refractivity contribution in [2.75, 3.05) is 19.5 Å². The zero-order valence-corrected chi connectivity index (χ0v) is 22.1. The van der Waals surface area contributed by atoms with Gasteiger partial charge < -0.3 is 24.2 Å². The molecule has 0 spiro atoms. The number of methoxy groups -OCH3 is 1. The number of hydrogen-bond donors (Lipinski definition) is 1. The molecule has 39 heavy (non-hydrogen) atoms. The molecule has 1 amide bonds. The number of aromatic nitrogens is 2. The number of anilines is 1. The number of amides is 1. The zero-order valence-electron chi connectivity index (χ0n) is 22.1. The number of nitrogens with one attached hydrogen (secondary N) is 1. The van der Waals surface area contributed by atoms with E-state index < -0.39 is 0 Å². The average molecular weight is 521 g/mol. The Balaban J connectivity index is 1.30. The minimum Gasteiger partial charge on any atom is -0.493 e. The molecule has 0 aliphatic carbocycles. The predicted molar refractivity (Wildman–Crippen MR) is 150 cm³/mol. The van der Waals surface area contributed by atoms with Gasteiger partial charge in [-0.2, -0.15) is 4.98 Å². The van der Waals surface area contributed by atoms with Gasteiger partial charge in [0.05, 0.1) is 7.11 Å². The van der Waals surface area contributed by atoms with Crippen LogP contribution in [0.5, 0.6) is 11.5 Å². The van der Waals surface area contributed by atoms with E-state index in [0.717, 1.165) is 22.3 Å². The summed E-state index contributed by atoms with van der Waals surface area (Å²) in [6.07, 6.45) is 9.43. The lowest BCUT2D eigenvalue weighted by molar-refractivity contribution is 0.102. The van der Waals surface area contributed by atoms with Crippen molar-refractivity contribution < 1.29 is 18.8 Å². The first-order chi connectivity index (χ1) is 18.9. The van der Waals surface area contributed by atoms with Gasteiger partial charge in [-0.1, -0.05) is 35.5 Å². The molecule has 0 bridgehead atoms. The summed E-state index contributed by atoms with van der Waals surface area (Å²) in [6.45, 7) is 3.80. The molecule has 1 N–H and O–H groups in total. The van der Waals surface area contributed by atoms with Crippen LogP contribution in [0.2, 0.25) is 0 Å². The van der Waals surface area contributed by atoms with Gasteiger partial charge in [0.1, 0.15) is 5.76 Å². The number of hydrogen-bond acceptors (Lipinski definition) is 7. The Morgan fingerprint density at radius 2 is 1.74 bits per heavy atom. The second kappa shape index (κ2) is 11.1. The van der Waals surface area contributed by atoms with Crippen LogP contribution in [0.25, 0.3) is 22.5 Å². The molecule has 196 valence electrons. The number of ether oxygens (including phenoxy) is 2. The van der Waals surface area contributed by atoms with Gasteiger partial charge in [-0.15, -0.1) is 0 Å². The summed E-state index contributed by atoms with van der Waals surface area (Å²) in [7, 11) is 3.49. The van der Waals surface area contributed by atoms with Crippen LogP contribution < -0.4 is 14.8 Å². The third-order valence-electron chi connectivity index (χ3n) is 6.14. The van der Waals surface area contributed by atoms with Gasteiger partial charge in [-0.3, -0.25) is 4.79 Å². The third-order valence-corrected chi connectivity index (χ3v) is 6.14. The quantitative estimate of drug-likeness (QED) is 0.297. The number of carbonyl (C=O) groups is 1. The fourth-order valence-electron chi connectivity index (χ4n) is 4.19. The highest BCUT2D eigenvalue weighted by Gasteiger charge is 2.13. The van der Waals surface area contributed by atoms with Crippen LogP contribution in [0.1, 0.15) is 21.8 Å². The normalized spacial score (nSPS) is 12.6. The van der Waals surface area contributed by atoms with Gasteiger partial charge >= 0.3 is 0 Å². The highest BCUT2D eigenvalue weighted by molar-refractivity contribution is 6.04. The third kappa shape index (κ3) is 5.91.